The molecule has 2 fully saturated rings. The van der Waals surface area contributed by atoms with Crippen molar-refractivity contribution in [3.05, 3.63) is 0 Å². The van der Waals surface area contributed by atoms with Crippen LogP contribution >= 0.6 is 0 Å². The molecule has 0 aromatic heterocycles. The Labute approximate surface area is 71.1 Å². The average Bonchev–Trinajstić information content (AvgIpc) is 2.69. The Morgan fingerprint density at radius 1 is 1.33 bits per heavy atom. The van der Waals surface area contributed by atoms with Crippen molar-refractivity contribution < 1.29 is 14.3 Å². The maximum atomic E-state index is 11.3. The number of ether oxygens (including phenoxy) is 1. The molecule has 0 N–H and O–H groups in total. The molecular formula is C9H12O3. The van der Waals surface area contributed by atoms with E-state index in [2.05, 4.69) is 0 Å². The van der Waals surface area contributed by atoms with Crippen molar-refractivity contribution in [1.29, 1.82) is 0 Å². The van der Waals surface area contributed by atoms with Crippen LogP contribution in [-0.2, 0) is 14.3 Å². The van der Waals surface area contributed by atoms with E-state index in [4.69, 9.17) is 4.74 Å². The molecule has 0 bridgehead atoms. The van der Waals surface area contributed by atoms with Crippen LogP contribution in [-0.4, -0.2) is 23.3 Å². The minimum Gasteiger partial charge on any atom is -0.349 e. The Morgan fingerprint density at radius 3 is 2.17 bits per heavy atom. The second kappa shape index (κ2) is 2.16. The number of Topliss-reactive ketones (excluding diaryl/α,β-unsaturated/α-hetero) is 2. The molecule has 12 heavy (non-hydrogen) atoms. The van der Waals surface area contributed by atoms with Crippen LogP contribution < -0.4 is 0 Å². The van der Waals surface area contributed by atoms with Gasteiger partial charge in [-0.1, -0.05) is 13.8 Å². The van der Waals surface area contributed by atoms with Crippen LogP contribution in [0.4, 0.5) is 0 Å². The number of hydrogen-bond donors (Lipinski definition) is 0. The molecule has 0 aromatic rings. The smallest absolute Gasteiger partial charge is 0.211 e. The minimum atomic E-state index is -0.978. The van der Waals surface area contributed by atoms with Gasteiger partial charge in [-0.25, -0.2) is 0 Å². The van der Waals surface area contributed by atoms with Gasteiger partial charge in [-0.3, -0.25) is 9.59 Å². The number of epoxide rings is 1. The predicted molar refractivity (Wildman–Crippen MR) is 41.7 cm³/mol. The summed E-state index contributed by atoms with van der Waals surface area (Å²) < 4.78 is 5.25. The largest absolute Gasteiger partial charge is 0.349 e. The molecule has 2 aliphatic rings. The molecule has 0 aromatic carbocycles. The van der Waals surface area contributed by atoms with Gasteiger partial charge in [-0.05, 0) is 5.92 Å². The van der Waals surface area contributed by atoms with E-state index in [1.165, 1.54) is 0 Å². The Bertz CT molecular complexity index is 238. The monoisotopic (exact) mass is 168 g/mol. The first-order valence-electron chi connectivity index (χ1n) is 4.33. The van der Waals surface area contributed by atoms with Gasteiger partial charge in [0.25, 0.3) is 0 Å². The number of hydrogen-bond acceptors (Lipinski definition) is 3. The predicted octanol–water partition coefficient (Wildman–Crippen LogP) is 0.712. The number of carbonyl (C=O) groups is 2. The molecule has 2 rings (SSSR count). The highest BCUT2D eigenvalue weighted by molar-refractivity contribution is 6.19. The molecular weight excluding hydrogens is 156 g/mol. The Balaban J connectivity index is 2.24. The molecule has 1 saturated heterocycles. The fourth-order valence-corrected chi connectivity index (χ4v) is 1.97. The van der Waals surface area contributed by atoms with Gasteiger partial charge >= 0.3 is 0 Å². The average molecular weight is 168 g/mol. The number of rotatable bonds is 1. The molecule has 1 spiro atoms. The minimum absolute atomic E-state index is 0.00815. The first kappa shape index (κ1) is 7.92. The fourth-order valence-electron chi connectivity index (χ4n) is 1.97. The number of carbonyl (C=O) groups excluding carboxylic acids is 2. The van der Waals surface area contributed by atoms with Gasteiger partial charge in [0.2, 0.25) is 5.60 Å². The van der Waals surface area contributed by atoms with E-state index in [1.54, 1.807) is 0 Å². The third-order valence-electron chi connectivity index (χ3n) is 2.67. The molecule has 3 nitrogen and oxygen atoms in total. The highest BCUT2D eigenvalue weighted by atomic mass is 16.6. The zero-order valence-electron chi connectivity index (χ0n) is 7.29. The van der Waals surface area contributed by atoms with E-state index in [9.17, 15) is 9.59 Å². The molecule has 66 valence electrons. The third-order valence-corrected chi connectivity index (χ3v) is 2.67. The van der Waals surface area contributed by atoms with Crippen molar-refractivity contribution in [3.8, 4) is 0 Å². The van der Waals surface area contributed by atoms with Gasteiger partial charge in [0, 0.05) is 12.8 Å². The quantitative estimate of drug-likeness (QED) is 0.428. The van der Waals surface area contributed by atoms with Crippen LogP contribution in [0.2, 0.25) is 0 Å². The highest BCUT2D eigenvalue weighted by Gasteiger charge is 2.70. The van der Waals surface area contributed by atoms with Gasteiger partial charge in [-0.15, -0.1) is 0 Å². The molecule has 0 radical (unpaired) electrons. The van der Waals surface area contributed by atoms with Crippen molar-refractivity contribution in [3.63, 3.8) is 0 Å². The SMILES string of the molecule is CC(C)C1OC12C(=O)CCC2=O. The molecule has 0 amide bonds. The second-order valence-electron chi connectivity index (χ2n) is 3.86. The van der Waals surface area contributed by atoms with Gasteiger partial charge in [-0.2, -0.15) is 0 Å². The molecule has 1 unspecified atom stereocenters. The van der Waals surface area contributed by atoms with E-state index in [0.717, 1.165) is 0 Å². The summed E-state index contributed by atoms with van der Waals surface area (Å²) in [5.41, 5.74) is -0.978. The van der Waals surface area contributed by atoms with Crippen molar-refractivity contribution in [2.75, 3.05) is 0 Å². The summed E-state index contributed by atoms with van der Waals surface area (Å²) in [4.78, 5) is 22.7. The van der Waals surface area contributed by atoms with E-state index in [1.807, 2.05) is 13.8 Å². The van der Waals surface area contributed by atoms with Crippen LogP contribution in [0, 0.1) is 5.92 Å². The highest BCUT2D eigenvalue weighted by Crippen LogP contribution is 2.48. The van der Waals surface area contributed by atoms with E-state index < -0.39 is 5.60 Å². The maximum absolute atomic E-state index is 11.3. The summed E-state index contributed by atoms with van der Waals surface area (Å²) in [6.07, 6.45) is 0.615. The van der Waals surface area contributed by atoms with E-state index >= 15 is 0 Å². The van der Waals surface area contributed by atoms with Gasteiger partial charge in [0.05, 0.1) is 0 Å². The summed E-state index contributed by atoms with van der Waals surface area (Å²) in [5.74, 6) is 0.244. The third kappa shape index (κ3) is 0.746. The van der Waals surface area contributed by atoms with Crippen molar-refractivity contribution in [2.45, 2.75) is 38.4 Å². The van der Waals surface area contributed by atoms with Crippen LogP contribution in [0.25, 0.3) is 0 Å². The van der Waals surface area contributed by atoms with Crippen LogP contribution in [0.1, 0.15) is 26.7 Å². The Morgan fingerprint density at radius 2 is 1.83 bits per heavy atom. The molecule has 1 aliphatic heterocycles. The van der Waals surface area contributed by atoms with Gasteiger partial charge in [0.15, 0.2) is 11.6 Å². The molecule has 3 heteroatoms. The first-order valence-corrected chi connectivity index (χ1v) is 4.33. The van der Waals surface area contributed by atoms with Crippen molar-refractivity contribution in [2.24, 2.45) is 5.92 Å². The molecule has 1 atom stereocenters. The van der Waals surface area contributed by atoms with E-state index in [-0.39, 0.29) is 23.6 Å². The zero-order valence-corrected chi connectivity index (χ0v) is 7.29. The lowest BCUT2D eigenvalue weighted by atomic mass is 9.94. The Kier molecular flexibility index (Phi) is 1.43. The van der Waals surface area contributed by atoms with Crippen molar-refractivity contribution >= 4 is 11.6 Å². The maximum Gasteiger partial charge on any atom is 0.211 e. The summed E-state index contributed by atoms with van der Waals surface area (Å²) in [7, 11) is 0. The lowest BCUT2D eigenvalue weighted by Gasteiger charge is -2.01. The van der Waals surface area contributed by atoms with Gasteiger partial charge < -0.3 is 4.74 Å². The number of ketones is 2. The summed E-state index contributed by atoms with van der Waals surface area (Å²) >= 11 is 0. The second-order valence-corrected chi connectivity index (χ2v) is 3.86. The molecule has 1 saturated carbocycles. The van der Waals surface area contributed by atoms with Crippen LogP contribution in [0.15, 0.2) is 0 Å². The standard InChI is InChI=1S/C9H12O3/c1-5(2)8-9(12-8)6(10)3-4-7(9)11/h5,8H,3-4H2,1-2H3. The normalized spacial score (nSPS) is 32.1. The summed E-state index contributed by atoms with van der Waals surface area (Å²) in [6, 6.07) is 0. The summed E-state index contributed by atoms with van der Waals surface area (Å²) in [5, 5.41) is 0. The Hall–Kier alpha value is -0.700. The fraction of sp³-hybridized carbons (Fsp3) is 0.778. The van der Waals surface area contributed by atoms with Crippen LogP contribution in [0.3, 0.4) is 0 Å². The molecule has 1 aliphatic carbocycles. The summed E-state index contributed by atoms with van der Waals surface area (Å²) in [6.45, 7) is 3.94. The molecule has 1 heterocycles. The van der Waals surface area contributed by atoms with Crippen LogP contribution in [0.5, 0.6) is 0 Å². The van der Waals surface area contributed by atoms with Crippen molar-refractivity contribution in [1.82, 2.24) is 0 Å². The lowest BCUT2D eigenvalue weighted by Crippen LogP contribution is -2.30. The van der Waals surface area contributed by atoms with E-state index in [0.29, 0.717) is 12.8 Å². The topological polar surface area (TPSA) is 46.7 Å². The lowest BCUT2D eigenvalue weighted by molar-refractivity contribution is -0.128. The zero-order chi connectivity index (χ0) is 8.93. The first-order chi connectivity index (χ1) is 5.59. The van der Waals surface area contributed by atoms with Gasteiger partial charge in [0.1, 0.15) is 6.10 Å².